The first kappa shape index (κ1) is 22.9. The molecule has 0 saturated heterocycles. The summed E-state index contributed by atoms with van der Waals surface area (Å²) >= 11 is 0. The second kappa shape index (κ2) is 11.0. The minimum absolute atomic E-state index is 0.320. The Hall–Kier alpha value is -3.81. The average Bonchev–Trinajstić information content (AvgIpc) is 3.05. The van der Waals surface area contributed by atoms with E-state index < -0.39 is 6.16 Å². The highest BCUT2D eigenvalue weighted by Gasteiger charge is 2.22. The molecular weight excluding hydrogens is 410 g/mol. The minimum atomic E-state index is -1.49. The van der Waals surface area contributed by atoms with Crippen molar-refractivity contribution in [2.24, 2.45) is 12.2 Å². The van der Waals surface area contributed by atoms with Crippen molar-refractivity contribution >= 4 is 11.9 Å². The van der Waals surface area contributed by atoms with E-state index in [4.69, 9.17) is 14.6 Å². The number of benzene rings is 2. The van der Waals surface area contributed by atoms with Crippen molar-refractivity contribution in [3.63, 3.8) is 0 Å². The van der Waals surface area contributed by atoms with Crippen LogP contribution >= 0.6 is 0 Å². The molecule has 3 aromatic rings. The number of unbranched alkanes of at least 4 members (excludes halogenated alkanes) is 1. The molecule has 0 aliphatic carbocycles. The Morgan fingerprint density at radius 1 is 1.09 bits per heavy atom. The Bertz CT molecular complexity index is 1060. The van der Waals surface area contributed by atoms with E-state index in [1.807, 2.05) is 61.5 Å². The molecular formula is C24H27N3O5. The van der Waals surface area contributed by atoms with E-state index in [9.17, 15) is 4.79 Å². The van der Waals surface area contributed by atoms with Crippen LogP contribution in [0.4, 0.5) is 4.79 Å². The van der Waals surface area contributed by atoms with Gasteiger partial charge in [-0.2, -0.15) is 5.10 Å². The van der Waals surface area contributed by atoms with Gasteiger partial charge in [0, 0.05) is 13.5 Å². The van der Waals surface area contributed by atoms with Crippen LogP contribution < -0.4 is 9.47 Å². The van der Waals surface area contributed by atoms with Crippen molar-refractivity contribution in [3.8, 4) is 17.4 Å². The SMILES string of the molecule is CCCCOc1ccc(CC(=NOC(=O)O)c2c(C)nn(C)c2Oc2ccccc2)cc1. The van der Waals surface area contributed by atoms with Gasteiger partial charge in [-0.15, -0.1) is 0 Å². The number of ether oxygens (including phenoxy) is 2. The van der Waals surface area contributed by atoms with E-state index in [1.165, 1.54) is 0 Å². The van der Waals surface area contributed by atoms with Gasteiger partial charge in [0.1, 0.15) is 11.5 Å². The molecule has 0 spiro atoms. The Labute approximate surface area is 187 Å². The summed E-state index contributed by atoms with van der Waals surface area (Å²) in [6.07, 6.45) is 0.893. The van der Waals surface area contributed by atoms with Gasteiger partial charge in [0.25, 0.3) is 0 Å². The third-order valence-electron chi connectivity index (χ3n) is 4.71. The largest absolute Gasteiger partial charge is 0.532 e. The molecule has 0 saturated carbocycles. The van der Waals surface area contributed by atoms with Crippen molar-refractivity contribution in [2.75, 3.05) is 6.61 Å². The quantitative estimate of drug-likeness (QED) is 0.199. The maximum absolute atomic E-state index is 11.0. The Morgan fingerprint density at radius 3 is 2.47 bits per heavy atom. The van der Waals surface area contributed by atoms with E-state index in [-0.39, 0.29) is 0 Å². The summed E-state index contributed by atoms with van der Waals surface area (Å²) in [6, 6.07) is 16.9. The third-order valence-corrected chi connectivity index (χ3v) is 4.71. The number of carbonyl (C=O) groups is 1. The molecule has 0 unspecified atom stereocenters. The normalized spacial score (nSPS) is 11.3. The minimum Gasteiger partial charge on any atom is -0.494 e. The monoisotopic (exact) mass is 437 g/mol. The van der Waals surface area contributed by atoms with Crippen LogP contribution in [0.25, 0.3) is 0 Å². The fraction of sp³-hybridized carbons (Fsp3) is 0.292. The topological polar surface area (TPSA) is 95.2 Å². The standard InChI is InChI=1S/C24H27N3O5/c1-4-5-15-30-19-13-11-18(12-14-19)16-21(26-32-24(28)29)22-17(2)25-27(3)23(22)31-20-9-7-6-8-10-20/h6-14H,4-5,15-16H2,1-3H3,(H,28,29). The van der Waals surface area contributed by atoms with Crippen LogP contribution in [0.1, 0.15) is 36.6 Å². The van der Waals surface area contributed by atoms with Gasteiger partial charge in [0.05, 0.1) is 23.6 Å². The lowest BCUT2D eigenvalue weighted by Gasteiger charge is -2.11. The van der Waals surface area contributed by atoms with E-state index in [0.29, 0.717) is 41.6 Å². The summed E-state index contributed by atoms with van der Waals surface area (Å²) in [5.41, 5.74) is 2.53. The van der Waals surface area contributed by atoms with E-state index in [2.05, 4.69) is 22.0 Å². The second-order valence-corrected chi connectivity index (χ2v) is 7.22. The number of hydrogen-bond acceptors (Lipinski definition) is 6. The number of oxime groups is 1. The number of hydrogen-bond donors (Lipinski definition) is 1. The van der Waals surface area contributed by atoms with E-state index in [0.717, 1.165) is 24.2 Å². The van der Waals surface area contributed by atoms with Crippen molar-refractivity contribution in [3.05, 3.63) is 71.4 Å². The van der Waals surface area contributed by atoms with Crippen LogP contribution in [0.15, 0.2) is 59.8 Å². The zero-order chi connectivity index (χ0) is 22.9. The van der Waals surface area contributed by atoms with Crippen molar-refractivity contribution in [1.29, 1.82) is 0 Å². The van der Waals surface area contributed by atoms with Gasteiger partial charge in [-0.05, 0) is 43.2 Å². The fourth-order valence-corrected chi connectivity index (χ4v) is 3.18. The lowest BCUT2D eigenvalue weighted by Crippen LogP contribution is -2.10. The fourth-order valence-electron chi connectivity index (χ4n) is 3.18. The first-order valence-electron chi connectivity index (χ1n) is 10.4. The molecule has 0 bridgehead atoms. The summed E-state index contributed by atoms with van der Waals surface area (Å²) in [4.78, 5) is 15.6. The van der Waals surface area contributed by atoms with Gasteiger partial charge in [-0.1, -0.05) is 48.8 Å². The number of para-hydroxylation sites is 1. The summed E-state index contributed by atoms with van der Waals surface area (Å²) in [6.45, 7) is 4.60. The predicted molar refractivity (Wildman–Crippen MR) is 121 cm³/mol. The first-order chi connectivity index (χ1) is 15.5. The van der Waals surface area contributed by atoms with Gasteiger partial charge in [0.2, 0.25) is 5.88 Å². The molecule has 1 heterocycles. The molecule has 3 rings (SSSR count). The molecule has 0 radical (unpaired) electrons. The van der Waals surface area contributed by atoms with Gasteiger partial charge in [-0.3, -0.25) is 4.84 Å². The van der Waals surface area contributed by atoms with Gasteiger partial charge < -0.3 is 14.6 Å². The molecule has 0 fully saturated rings. The number of aryl methyl sites for hydroxylation is 2. The van der Waals surface area contributed by atoms with Crippen molar-refractivity contribution in [1.82, 2.24) is 9.78 Å². The Morgan fingerprint density at radius 2 is 1.81 bits per heavy atom. The zero-order valence-electron chi connectivity index (χ0n) is 18.4. The smallest absolute Gasteiger partial charge is 0.494 e. The zero-order valence-corrected chi connectivity index (χ0v) is 18.4. The first-order valence-corrected chi connectivity index (χ1v) is 10.4. The molecule has 168 valence electrons. The summed E-state index contributed by atoms with van der Waals surface area (Å²) in [7, 11) is 1.76. The van der Waals surface area contributed by atoms with Crippen LogP contribution in [-0.2, 0) is 18.3 Å². The van der Waals surface area contributed by atoms with E-state index >= 15 is 0 Å². The highest BCUT2D eigenvalue weighted by molar-refractivity contribution is 6.04. The molecule has 8 heteroatoms. The van der Waals surface area contributed by atoms with Crippen LogP contribution in [0.3, 0.4) is 0 Å². The average molecular weight is 437 g/mol. The molecule has 1 N–H and O–H groups in total. The summed E-state index contributed by atoms with van der Waals surface area (Å²) in [5.74, 6) is 1.86. The van der Waals surface area contributed by atoms with Crippen LogP contribution in [-0.4, -0.2) is 33.4 Å². The molecule has 1 aromatic heterocycles. The van der Waals surface area contributed by atoms with Crippen molar-refractivity contribution in [2.45, 2.75) is 33.1 Å². The second-order valence-electron chi connectivity index (χ2n) is 7.22. The lowest BCUT2D eigenvalue weighted by atomic mass is 10.0. The number of nitrogens with zero attached hydrogens (tertiary/aromatic N) is 3. The molecule has 0 atom stereocenters. The lowest BCUT2D eigenvalue weighted by molar-refractivity contribution is 0.0946. The maximum Gasteiger partial charge on any atom is 0.532 e. The molecule has 0 amide bonds. The molecule has 0 aliphatic heterocycles. The Balaban J connectivity index is 1.90. The molecule has 2 aromatic carbocycles. The number of carboxylic acid groups (broad SMARTS) is 1. The molecule has 32 heavy (non-hydrogen) atoms. The number of rotatable bonds is 10. The van der Waals surface area contributed by atoms with Crippen LogP contribution in [0, 0.1) is 6.92 Å². The van der Waals surface area contributed by atoms with Gasteiger partial charge >= 0.3 is 6.16 Å². The van der Waals surface area contributed by atoms with E-state index in [1.54, 1.807) is 11.7 Å². The summed E-state index contributed by atoms with van der Waals surface area (Å²) < 4.78 is 13.4. The van der Waals surface area contributed by atoms with Crippen LogP contribution in [0.5, 0.6) is 17.4 Å². The van der Waals surface area contributed by atoms with Crippen molar-refractivity contribution < 1.29 is 24.2 Å². The van der Waals surface area contributed by atoms with Crippen LogP contribution in [0.2, 0.25) is 0 Å². The highest BCUT2D eigenvalue weighted by Crippen LogP contribution is 2.29. The maximum atomic E-state index is 11.0. The third kappa shape index (κ3) is 6.10. The van der Waals surface area contributed by atoms with Gasteiger partial charge in [0.15, 0.2) is 0 Å². The predicted octanol–water partition coefficient (Wildman–Crippen LogP) is 5.34. The summed E-state index contributed by atoms with van der Waals surface area (Å²) in [5, 5.41) is 17.3. The number of aromatic nitrogens is 2. The highest BCUT2D eigenvalue weighted by atomic mass is 16.7. The molecule has 8 nitrogen and oxygen atoms in total. The molecule has 0 aliphatic rings. The van der Waals surface area contributed by atoms with Gasteiger partial charge in [-0.25, -0.2) is 9.48 Å². The Kier molecular flexibility index (Phi) is 7.85.